The van der Waals surface area contributed by atoms with E-state index in [-0.39, 0.29) is 16.8 Å². The standard InChI is InChI=1S/C13H18N2O3S/c1-4-13(16)14-9-11-5-7-12(8-6-11)19(17,18)15-10(2)3/h4-8,10,15H,1,9H2,2-3H3,(H,14,16). The highest BCUT2D eigenvalue weighted by molar-refractivity contribution is 7.89. The van der Waals surface area contributed by atoms with Gasteiger partial charge in [-0.1, -0.05) is 18.7 Å². The Bertz CT molecular complexity index is 548. The van der Waals surface area contributed by atoms with E-state index in [1.807, 2.05) is 0 Å². The van der Waals surface area contributed by atoms with Crippen LogP contribution in [0.2, 0.25) is 0 Å². The zero-order chi connectivity index (χ0) is 14.5. The molecule has 0 radical (unpaired) electrons. The minimum Gasteiger partial charge on any atom is -0.348 e. The van der Waals surface area contributed by atoms with E-state index >= 15 is 0 Å². The van der Waals surface area contributed by atoms with Gasteiger partial charge in [0.2, 0.25) is 15.9 Å². The van der Waals surface area contributed by atoms with Gasteiger partial charge < -0.3 is 5.32 Å². The molecule has 0 aromatic heterocycles. The number of amides is 1. The molecular formula is C13H18N2O3S. The molecule has 0 aliphatic rings. The monoisotopic (exact) mass is 282 g/mol. The predicted octanol–water partition coefficient (Wildman–Crippen LogP) is 1.18. The summed E-state index contributed by atoms with van der Waals surface area (Å²) >= 11 is 0. The summed E-state index contributed by atoms with van der Waals surface area (Å²) in [4.78, 5) is 11.2. The normalized spacial score (nSPS) is 11.3. The van der Waals surface area contributed by atoms with E-state index in [2.05, 4.69) is 16.6 Å². The van der Waals surface area contributed by atoms with Crippen LogP contribution in [0.4, 0.5) is 0 Å². The molecule has 2 N–H and O–H groups in total. The summed E-state index contributed by atoms with van der Waals surface area (Å²) in [5.74, 6) is -0.266. The second-order valence-electron chi connectivity index (χ2n) is 4.34. The van der Waals surface area contributed by atoms with Gasteiger partial charge in [-0.3, -0.25) is 4.79 Å². The van der Waals surface area contributed by atoms with E-state index in [1.165, 1.54) is 18.2 Å². The van der Waals surface area contributed by atoms with Crippen LogP contribution in [0.25, 0.3) is 0 Å². The molecule has 1 amide bonds. The SMILES string of the molecule is C=CC(=O)NCc1ccc(S(=O)(=O)NC(C)C)cc1. The molecule has 0 saturated carbocycles. The third-order valence-electron chi connectivity index (χ3n) is 2.28. The number of hydrogen-bond donors (Lipinski definition) is 2. The molecule has 1 aromatic rings. The maximum absolute atomic E-state index is 11.9. The molecule has 1 rings (SSSR count). The van der Waals surface area contributed by atoms with Crippen LogP contribution in [-0.4, -0.2) is 20.4 Å². The maximum atomic E-state index is 11.9. The lowest BCUT2D eigenvalue weighted by Gasteiger charge is -2.10. The lowest BCUT2D eigenvalue weighted by molar-refractivity contribution is -0.116. The molecule has 104 valence electrons. The van der Waals surface area contributed by atoms with Crippen molar-refractivity contribution in [1.29, 1.82) is 0 Å². The third-order valence-corrected chi connectivity index (χ3v) is 3.95. The molecular weight excluding hydrogens is 264 g/mol. The van der Waals surface area contributed by atoms with E-state index in [1.54, 1.807) is 26.0 Å². The number of carbonyl (C=O) groups is 1. The van der Waals surface area contributed by atoms with Gasteiger partial charge in [0.25, 0.3) is 0 Å². The van der Waals surface area contributed by atoms with Crippen molar-refractivity contribution in [3.05, 3.63) is 42.5 Å². The number of sulfonamides is 1. The fourth-order valence-corrected chi connectivity index (χ4v) is 2.68. The van der Waals surface area contributed by atoms with Crippen molar-refractivity contribution < 1.29 is 13.2 Å². The Kier molecular flexibility index (Phi) is 5.26. The Labute approximate surface area is 113 Å². The van der Waals surface area contributed by atoms with Crippen molar-refractivity contribution in [1.82, 2.24) is 10.0 Å². The minimum absolute atomic E-state index is 0.156. The van der Waals surface area contributed by atoms with Gasteiger partial charge in [0.05, 0.1) is 4.90 Å². The Morgan fingerprint density at radius 1 is 1.32 bits per heavy atom. The fraction of sp³-hybridized carbons (Fsp3) is 0.308. The predicted molar refractivity (Wildman–Crippen MR) is 73.9 cm³/mol. The van der Waals surface area contributed by atoms with E-state index < -0.39 is 10.0 Å². The third kappa shape index (κ3) is 4.84. The number of rotatable bonds is 6. The van der Waals surface area contributed by atoms with Gasteiger partial charge in [-0.15, -0.1) is 0 Å². The first kappa shape index (κ1) is 15.4. The van der Waals surface area contributed by atoms with Crippen LogP contribution in [-0.2, 0) is 21.4 Å². The van der Waals surface area contributed by atoms with Crippen molar-refractivity contribution in [2.45, 2.75) is 31.3 Å². The largest absolute Gasteiger partial charge is 0.348 e. The van der Waals surface area contributed by atoms with Crippen molar-refractivity contribution >= 4 is 15.9 Å². The van der Waals surface area contributed by atoms with Crippen molar-refractivity contribution in [3.8, 4) is 0 Å². The first-order chi connectivity index (χ1) is 8.85. The van der Waals surface area contributed by atoms with Gasteiger partial charge in [-0.05, 0) is 37.6 Å². The Morgan fingerprint density at radius 3 is 2.37 bits per heavy atom. The Morgan fingerprint density at radius 2 is 1.89 bits per heavy atom. The zero-order valence-electron chi connectivity index (χ0n) is 11.0. The van der Waals surface area contributed by atoms with Crippen LogP contribution in [0.1, 0.15) is 19.4 Å². The maximum Gasteiger partial charge on any atom is 0.243 e. The summed E-state index contributed by atoms with van der Waals surface area (Å²) in [5.41, 5.74) is 0.818. The molecule has 0 unspecified atom stereocenters. The molecule has 0 aliphatic heterocycles. The summed E-state index contributed by atoms with van der Waals surface area (Å²) in [7, 11) is -3.47. The highest BCUT2D eigenvalue weighted by Crippen LogP contribution is 2.11. The molecule has 0 heterocycles. The molecule has 19 heavy (non-hydrogen) atoms. The van der Waals surface area contributed by atoms with Gasteiger partial charge in [0.1, 0.15) is 0 Å². The van der Waals surface area contributed by atoms with E-state index in [4.69, 9.17) is 0 Å². The Hall–Kier alpha value is -1.66. The van der Waals surface area contributed by atoms with Crippen molar-refractivity contribution in [2.75, 3.05) is 0 Å². The zero-order valence-corrected chi connectivity index (χ0v) is 11.8. The van der Waals surface area contributed by atoms with E-state index in [0.717, 1.165) is 5.56 Å². The smallest absolute Gasteiger partial charge is 0.243 e. The number of carbonyl (C=O) groups excluding carboxylic acids is 1. The molecule has 0 spiro atoms. The fourth-order valence-electron chi connectivity index (χ4n) is 1.43. The highest BCUT2D eigenvalue weighted by atomic mass is 32.2. The van der Waals surface area contributed by atoms with Gasteiger partial charge in [0.15, 0.2) is 0 Å². The summed E-state index contributed by atoms with van der Waals surface area (Å²) in [6.07, 6.45) is 1.19. The van der Waals surface area contributed by atoms with Crippen molar-refractivity contribution in [2.24, 2.45) is 0 Å². The summed E-state index contributed by atoms with van der Waals surface area (Å²) < 4.78 is 26.2. The lowest BCUT2D eigenvalue weighted by atomic mass is 10.2. The molecule has 0 aliphatic carbocycles. The average molecular weight is 282 g/mol. The molecule has 0 fully saturated rings. The van der Waals surface area contributed by atoms with Crippen LogP contribution >= 0.6 is 0 Å². The first-order valence-electron chi connectivity index (χ1n) is 5.86. The van der Waals surface area contributed by atoms with Crippen molar-refractivity contribution in [3.63, 3.8) is 0 Å². The Balaban J connectivity index is 2.76. The number of hydrogen-bond acceptors (Lipinski definition) is 3. The molecule has 6 heteroatoms. The molecule has 1 aromatic carbocycles. The topological polar surface area (TPSA) is 75.3 Å². The number of benzene rings is 1. The van der Waals surface area contributed by atoms with Crippen LogP contribution in [0.3, 0.4) is 0 Å². The summed E-state index contributed by atoms with van der Waals surface area (Å²) in [5, 5.41) is 2.62. The number of nitrogens with one attached hydrogen (secondary N) is 2. The molecule has 0 saturated heterocycles. The van der Waals surface area contributed by atoms with Crippen LogP contribution in [0, 0.1) is 0 Å². The summed E-state index contributed by atoms with van der Waals surface area (Å²) in [6, 6.07) is 6.20. The van der Waals surface area contributed by atoms with Gasteiger partial charge in [-0.2, -0.15) is 0 Å². The average Bonchev–Trinajstić information content (AvgIpc) is 2.35. The molecule has 0 atom stereocenters. The van der Waals surface area contributed by atoms with Gasteiger partial charge in [0, 0.05) is 12.6 Å². The van der Waals surface area contributed by atoms with E-state index in [9.17, 15) is 13.2 Å². The van der Waals surface area contributed by atoms with Gasteiger partial charge in [-0.25, -0.2) is 13.1 Å². The molecule has 0 bridgehead atoms. The van der Waals surface area contributed by atoms with Crippen LogP contribution < -0.4 is 10.0 Å². The quantitative estimate of drug-likeness (QED) is 0.769. The lowest BCUT2D eigenvalue weighted by Crippen LogP contribution is -2.30. The van der Waals surface area contributed by atoms with Gasteiger partial charge >= 0.3 is 0 Å². The van der Waals surface area contributed by atoms with Crippen LogP contribution in [0.15, 0.2) is 41.8 Å². The van der Waals surface area contributed by atoms with Crippen LogP contribution in [0.5, 0.6) is 0 Å². The second kappa shape index (κ2) is 6.49. The van der Waals surface area contributed by atoms with E-state index in [0.29, 0.717) is 6.54 Å². The molecule has 5 nitrogen and oxygen atoms in total. The summed E-state index contributed by atoms with van der Waals surface area (Å²) in [6.45, 7) is 7.20. The minimum atomic E-state index is -3.47. The highest BCUT2D eigenvalue weighted by Gasteiger charge is 2.14. The second-order valence-corrected chi connectivity index (χ2v) is 6.06. The first-order valence-corrected chi connectivity index (χ1v) is 7.35.